The molecule has 2 rings (SSSR count). The van der Waals surface area contributed by atoms with E-state index in [1.165, 1.54) is 38.2 Å². The van der Waals surface area contributed by atoms with E-state index in [9.17, 15) is 0 Å². The zero-order valence-corrected chi connectivity index (χ0v) is 12.1. The molecule has 1 aliphatic heterocycles. The number of likely N-dealkylation sites (tertiary alicyclic amines) is 1. The van der Waals surface area contributed by atoms with Crippen molar-refractivity contribution in [3.63, 3.8) is 0 Å². The monoisotopic (exact) mass is 250 g/mol. The third-order valence-electron chi connectivity index (χ3n) is 4.20. The van der Waals surface area contributed by atoms with Crippen LogP contribution >= 0.6 is 0 Å². The van der Waals surface area contributed by atoms with Crippen LogP contribution < -0.4 is 5.32 Å². The Balaban J connectivity index is 1.97. The summed E-state index contributed by atoms with van der Waals surface area (Å²) in [5.41, 5.74) is 3.40. The van der Waals surface area contributed by atoms with Crippen molar-refractivity contribution in [2.75, 3.05) is 25.0 Å². The van der Waals surface area contributed by atoms with E-state index < -0.39 is 0 Å². The Bertz CT molecular complexity index is 366. The number of H-pyrrole nitrogens is 1. The number of rotatable bonds is 4. The topological polar surface area (TPSA) is 44.0 Å². The molecule has 2 unspecified atom stereocenters. The Kier molecular flexibility index (Phi) is 4.27. The molecule has 1 saturated heterocycles. The Labute approximate surface area is 110 Å². The molecule has 0 aliphatic carbocycles. The summed E-state index contributed by atoms with van der Waals surface area (Å²) in [4.78, 5) is 2.56. The number of aromatic nitrogens is 2. The van der Waals surface area contributed by atoms with Crippen molar-refractivity contribution in [2.45, 2.75) is 46.6 Å². The molecule has 1 aromatic heterocycles. The molecule has 0 radical (unpaired) electrons. The van der Waals surface area contributed by atoms with Crippen LogP contribution in [0.3, 0.4) is 0 Å². The predicted molar refractivity (Wildman–Crippen MR) is 76.0 cm³/mol. The van der Waals surface area contributed by atoms with E-state index in [1.807, 2.05) is 0 Å². The fourth-order valence-electron chi connectivity index (χ4n) is 2.90. The van der Waals surface area contributed by atoms with Gasteiger partial charge in [0.25, 0.3) is 0 Å². The number of hydrogen-bond acceptors (Lipinski definition) is 3. The van der Waals surface area contributed by atoms with Crippen LogP contribution in [0.2, 0.25) is 0 Å². The van der Waals surface area contributed by atoms with Gasteiger partial charge in [-0.3, -0.25) is 5.10 Å². The summed E-state index contributed by atoms with van der Waals surface area (Å²) in [6, 6.07) is 0.509. The van der Waals surface area contributed by atoms with Gasteiger partial charge >= 0.3 is 0 Å². The third-order valence-corrected chi connectivity index (χ3v) is 4.20. The summed E-state index contributed by atoms with van der Waals surface area (Å²) in [5.74, 6) is 0.743. The first-order valence-corrected chi connectivity index (χ1v) is 7.12. The fraction of sp³-hybridized carbons (Fsp3) is 0.786. The molecular formula is C14H26N4. The number of hydrogen-bond donors (Lipinski definition) is 2. The Hall–Kier alpha value is -1.03. The molecule has 0 aromatic carbocycles. The molecule has 0 amide bonds. The largest absolute Gasteiger partial charge is 0.379 e. The molecular weight excluding hydrogens is 224 g/mol. The molecule has 4 heteroatoms. The average molecular weight is 250 g/mol. The van der Waals surface area contributed by atoms with Crippen molar-refractivity contribution in [3.05, 3.63) is 11.4 Å². The van der Waals surface area contributed by atoms with Crippen molar-refractivity contribution < 1.29 is 0 Å². The van der Waals surface area contributed by atoms with E-state index in [2.05, 4.69) is 48.1 Å². The van der Waals surface area contributed by atoms with Crippen molar-refractivity contribution in [2.24, 2.45) is 5.92 Å². The van der Waals surface area contributed by atoms with Gasteiger partial charge in [-0.25, -0.2) is 0 Å². The van der Waals surface area contributed by atoms with Gasteiger partial charge in [0, 0.05) is 12.6 Å². The highest BCUT2D eigenvalue weighted by atomic mass is 15.2. The summed E-state index contributed by atoms with van der Waals surface area (Å²) in [5, 5.41) is 10.9. The van der Waals surface area contributed by atoms with Gasteiger partial charge < -0.3 is 10.2 Å². The molecule has 1 aromatic rings. The molecule has 0 saturated carbocycles. The van der Waals surface area contributed by atoms with Crippen LogP contribution in [0.15, 0.2) is 0 Å². The molecule has 0 spiro atoms. The molecule has 1 fully saturated rings. The van der Waals surface area contributed by atoms with Gasteiger partial charge in [-0.2, -0.15) is 5.10 Å². The highest BCUT2D eigenvalue weighted by molar-refractivity contribution is 5.52. The molecule has 0 bridgehead atoms. The predicted octanol–water partition coefficient (Wildman–Crippen LogP) is 2.56. The minimum absolute atomic E-state index is 0.509. The van der Waals surface area contributed by atoms with Gasteiger partial charge in [-0.05, 0) is 52.6 Å². The summed E-state index contributed by atoms with van der Waals surface area (Å²) in [7, 11) is 0. The van der Waals surface area contributed by atoms with E-state index in [0.29, 0.717) is 6.04 Å². The van der Waals surface area contributed by atoms with Gasteiger partial charge in [0.2, 0.25) is 0 Å². The standard InChI is InChI=1S/C14H26N4/c1-5-18-8-6-7-13(9-18)10(2)15-14-11(3)16-17-12(14)4/h10,13,15H,5-9H2,1-4H3,(H,16,17). The van der Waals surface area contributed by atoms with Crippen LogP contribution in [0.5, 0.6) is 0 Å². The van der Waals surface area contributed by atoms with Crippen molar-refractivity contribution in [3.8, 4) is 0 Å². The maximum absolute atomic E-state index is 4.25. The summed E-state index contributed by atoms with van der Waals surface area (Å²) in [6.07, 6.45) is 2.66. The molecule has 102 valence electrons. The fourth-order valence-corrected chi connectivity index (χ4v) is 2.90. The van der Waals surface area contributed by atoms with Crippen LogP contribution in [0.25, 0.3) is 0 Å². The summed E-state index contributed by atoms with van der Waals surface area (Å²) >= 11 is 0. The summed E-state index contributed by atoms with van der Waals surface area (Å²) < 4.78 is 0. The van der Waals surface area contributed by atoms with Crippen LogP contribution in [-0.2, 0) is 0 Å². The zero-order chi connectivity index (χ0) is 13.1. The second kappa shape index (κ2) is 5.74. The van der Waals surface area contributed by atoms with Gasteiger partial charge in [0.1, 0.15) is 0 Å². The third kappa shape index (κ3) is 2.86. The van der Waals surface area contributed by atoms with Crippen LogP contribution in [0.1, 0.15) is 38.1 Å². The van der Waals surface area contributed by atoms with E-state index >= 15 is 0 Å². The first-order chi connectivity index (χ1) is 8.61. The smallest absolute Gasteiger partial charge is 0.0825 e. The van der Waals surface area contributed by atoms with E-state index in [-0.39, 0.29) is 0 Å². The lowest BCUT2D eigenvalue weighted by molar-refractivity contribution is 0.172. The first-order valence-electron chi connectivity index (χ1n) is 7.12. The van der Waals surface area contributed by atoms with E-state index in [4.69, 9.17) is 0 Å². The molecule has 1 aliphatic rings. The van der Waals surface area contributed by atoms with Crippen LogP contribution in [0, 0.1) is 19.8 Å². The Morgan fingerprint density at radius 1 is 1.50 bits per heavy atom. The minimum Gasteiger partial charge on any atom is -0.379 e. The maximum Gasteiger partial charge on any atom is 0.0825 e. The highest BCUT2D eigenvalue weighted by Crippen LogP contribution is 2.24. The second-order valence-corrected chi connectivity index (χ2v) is 5.54. The normalized spacial score (nSPS) is 23.0. The number of nitrogens with zero attached hydrogens (tertiary/aromatic N) is 2. The zero-order valence-electron chi connectivity index (χ0n) is 12.1. The number of aromatic amines is 1. The Morgan fingerprint density at radius 3 is 2.89 bits per heavy atom. The van der Waals surface area contributed by atoms with Gasteiger partial charge in [-0.15, -0.1) is 0 Å². The number of aryl methyl sites for hydroxylation is 2. The van der Waals surface area contributed by atoms with E-state index in [0.717, 1.165) is 17.3 Å². The van der Waals surface area contributed by atoms with Crippen molar-refractivity contribution in [1.29, 1.82) is 0 Å². The number of anilines is 1. The molecule has 2 heterocycles. The second-order valence-electron chi connectivity index (χ2n) is 5.54. The molecule has 2 atom stereocenters. The Morgan fingerprint density at radius 2 is 2.28 bits per heavy atom. The molecule has 2 N–H and O–H groups in total. The minimum atomic E-state index is 0.509. The van der Waals surface area contributed by atoms with Gasteiger partial charge in [0.05, 0.1) is 17.1 Å². The number of nitrogens with one attached hydrogen (secondary N) is 2. The van der Waals surface area contributed by atoms with Gasteiger partial charge in [0.15, 0.2) is 0 Å². The van der Waals surface area contributed by atoms with Crippen LogP contribution in [0.4, 0.5) is 5.69 Å². The van der Waals surface area contributed by atoms with Crippen LogP contribution in [-0.4, -0.2) is 40.8 Å². The lowest BCUT2D eigenvalue weighted by atomic mass is 9.91. The van der Waals surface area contributed by atoms with E-state index in [1.54, 1.807) is 0 Å². The average Bonchev–Trinajstić information content (AvgIpc) is 2.70. The molecule has 18 heavy (non-hydrogen) atoms. The highest BCUT2D eigenvalue weighted by Gasteiger charge is 2.24. The number of piperidine rings is 1. The quantitative estimate of drug-likeness (QED) is 0.863. The molecule has 4 nitrogen and oxygen atoms in total. The van der Waals surface area contributed by atoms with Crippen molar-refractivity contribution in [1.82, 2.24) is 15.1 Å². The van der Waals surface area contributed by atoms with Crippen molar-refractivity contribution >= 4 is 5.69 Å². The maximum atomic E-state index is 4.25. The lowest BCUT2D eigenvalue weighted by Crippen LogP contribution is -2.41. The van der Waals surface area contributed by atoms with Gasteiger partial charge in [-0.1, -0.05) is 6.92 Å². The SMILES string of the molecule is CCN1CCCC(C(C)Nc2c(C)n[nH]c2C)C1. The lowest BCUT2D eigenvalue weighted by Gasteiger charge is -2.35. The first kappa shape index (κ1) is 13.4. The summed E-state index contributed by atoms with van der Waals surface area (Å²) in [6.45, 7) is 12.4.